The fourth-order valence-corrected chi connectivity index (χ4v) is 4.84. The minimum atomic E-state index is -3.73. The molecule has 2 heterocycles. The van der Waals surface area contributed by atoms with Gasteiger partial charge in [0, 0.05) is 28.3 Å². The molecule has 2 N–H and O–H groups in total. The third kappa shape index (κ3) is 5.55. The Morgan fingerprint density at radius 2 is 1.54 bits per heavy atom. The molecule has 0 unspecified atom stereocenters. The van der Waals surface area contributed by atoms with Crippen molar-refractivity contribution in [2.45, 2.75) is 39.0 Å². The highest BCUT2D eigenvalue weighted by Crippen LogP contribution is 2.21. The summed E-state index contributed by atoms with van der Waals surface area (Å²) in [5.74, 6) is 0.216. The summed E-state index contributed by atoms with van der Waals surface area (Å²) in [5, 5.41) is 7.38. The van der Waals surface area contributed by atoms with Gasteiger partial charge in [0.2, 0.25) is 5.91 Å². The standard InChI is InChI=1S/C25H26N6O3S/c1-16-13-17(2)27-25(26-16)31-19(4)23(18(3)29-31)15-24(32)28-20-9-8-10-21(14-20)30-35(33,34)22-11-6-5-7-12-22/h5-14,30H,15H2,1-4H3,(H,28,32). The van der Waals surface area contributed by atoms with Crippen LogP contribution in [-0.2, 0) is 21.2 Å². The van der Waals surface area contributed by atoms with E-state index in [4.69, 9.17) is 0 Å². The Kier molecular flexibility index (Phi) is 6.65. The summed E-state index contributed by atoms with van der Waals surface area (Å²) >= 11 is 0. The number of hydrogen-bond acceptors (Lipinski definition) is 6. The highest BCUT2D eigenvalue weighted by molar-refractivity contribution is 7.92. The number of amides is 1. The van der Waals surface area contributed by atoms with Crippen molar-refractivity contribution in [3.05, 3.63) is 89.0 Å². The Hall–Kier alpha value is -4.05. The van der Waals surface area contributed by atoms with E-state index in [1.54, 1.807) is 47.1 Å². The van der Waals surface area contributed by atoms with E-state index < -0.39 is 10.0 Å². The minimum absolute atomic E-state index is 0.0996. The van der Waals surface area contributed by atoms with Crippen molar-refractivity contribution in [2.24, 2.45) is 0 Å². The highest BCUT2D eigenvalue weighted by atomic mass is 32.2. The molecule has 4 aromatic rings. The SMILES string of the molecule is Cc1cc(C)nc(-n2nc(C)c(CC(=O)Nc3cccc(NS(=O)(=O)c4ccccc4)c3)c2C)n1. The molecule has 0 radical (unpaired) electrons. The monoisotopic (exact) mass is 490 g/mol. The zero-order chi connectivity index (χ0) is 25.2. The van der Waals surface area contributed by atoms with Gasteiger partial charge in [-0.3, -0.25) is 9.52 Å². The fraction of sp³-hybridized carbons (Fsp3) is 0.200. The van der Waals surface area contributed by atoms with Gasteiger partial charge in [-0.15, -0.1) is 0 Å². The smallest absolute Gasteiger partial charge is 0.261 e. The molecule has 10 heteroatoms. The average molecular weight is 491 g/mol. The normalized spacial score (nSPS) is 11.3. The molecule has 0 bridgehead atoms. The van der Waals surface area contributed by atoms with Gasteiger partial charge in [-0.1, -0.05) is 24.3 Å². The second-order valence-corrected chi connectivity index (χ2v) is 9.92. The number of nitrogens with zero attached hydrogens (tertiary/aromatic N) is 4. The van der Waals surface area contributed by atoms with Crippen molar-refractivity contribution in [1.82, 2.24) is 19.7 Å². The number of hydrogen-bond donors (Lipinski definition) is 2. The summed E-state index contributed by atoms with van der Waals surface area (Å²) in [4.78, 5) is 21.9. The molecule has 0 saturated carbocycles. The van der Waals surface area contributed by atoms with Crippen LogP contribution in [0.4, 0.5) is 11.4 Å². The van der Waals surface area contributed by atoms with Crippen molar-refractivity contribution >= 4 is 27.3 Å². The average Bonchev–Trinajstić information content (AvgIpc) is 3.07. The lowest BCUT2D eigenvalue weighted by Gasteiger charge is -2.11. The van der Waals surface area contributed by atoms with Crippen LogP contribution < -0.4 is 10.0 Å². The molecule has 35 heavy (non-hydrogen) atoms. The van der Waals surface area contributed by atoms with E-state index in [0.29, 0.717) is 23.0 Å². The van der Waals surface area contributed by atoms with Crippen LogP contribution in [0, 0.1) is 27.7 Å². The lowest BCUT2D eigenvalue weighted by atomic mass is 10.1. The summed E-state index contributed by atoms with van der Waals surface area (Å²) in [7, 11) is -3.73. The summed E-state index contributed by atoms with van der Waals surface area (Å²) in [6.45, 7) is 7.51. The predicted octanol–water partition coefficient (Wildman–Crippen LogP) is 3.88. The van der Waals surface area contributed by atoms with E-state index in [9.17, 15) is 13.2 Å². The molecule has 0 spiro atoms. The molecular formula is C25H26N6O3S. The zero-order valence-corrected chi connectivity index (χ0v) is 20.7. The lowest BCUT2D eigenvalue weighted by Crippen LogP contribution is -2.16. The molecule has 0 aliphatic heterocycles. The van der Waals surface area contributed by atoms with E-state index in [1.807, 2.05) is 33.8 Å². The number of aromatic nitrogens is 4. The first-order valence-corrected chi connectivity index (χ1v) is 12.5. The molecule has 2 aromatic carbocycles. The number of aryl methyl sites for hydroxylation is 3. The number of carbonyl (C=O) groups excluding carboxylic acids is 1. The van der Waals surface area contributed by atoms with Crippen LogP contribution in [0.25, 0.3) is 5.95 Å². The van der Waals surface area contributed by atoms with Crippen LogP contribution in [0.2, 0.25) is 0 Å². The first kappa shape index (κ1) is 24.1. The molecule has 0 aliphatic carbocycles. The van der Waals surface area contributed by atoms with Crippen LogP contribution >= 0.6 is 0 Å². The quantitative estimate of drug-likeness (QED) is 0.406. The van der Waals surface area contributed by atoms with E-state index >= 15 is 0 Å². The van der Waals surface area contributed by atoms with Gasteiger partial charge < -0.3 is 5.32 Å². The Bertz CT molecular complexity index is 1480. The number of benzene rings is 2. The fourth-order valence-electron chi connectivity index (χ4n) is 3.77. The number of rotatable bonds is 7. The van der Waals surface area contributed by atoms with Gasteiger partial charge in [-0.25, -0.2) is 23.1 Å². The first-order valence-electron chi connectivity index (χ1n) is 11.0. The first-order chi connectivity index (χ1) is 16.6. The maximum absolute atomic E-state index is 12.8. The second kappa shape index (κ2) is 9.67. The maximum Gasteiger partial charge on any atom is 0.261 e. The largest absolute Gasteiger partial charge is 0.326 e. The van der Waals surface area contributed by atoms with E-state index in [-0.39, 0.29) is 17.2 Å². The van der Waals surface area contributed by atoms with Gasteiger partial charge in [0.05, 0.1) is 22.7 Å². The molecule has 1 amide bonds. The van der Waals surface area contributed by atoms with Gasteiger partial charge in [0.15, 0.2) is 0 Å². The molecule has 0 atom stereocenters. The minimum Gasteiger partial charge on any atom is -0.326 e. The summed E-state index contributed by atoms with van der Waals surface area (Å²) in [6.07, 6.45) is 0.0996. The third-order valence-electron chi connectivity index (χ3n) is 5.39. The molecule has 0 saturated heterocycles. The predicted molar refractivity (Wildman–Crippen MR) is 134 cm³/mol. The number of sulfonamides is 1. The Labute approximate surface area is 204 Å². The summed E-state index contributed by atoms with van der Waals surface area (Å²) in [5.41, 5.74) is 4.77. The van der Waals surface area contributed by atoms with Crippen molar-refractivity contribution in [1.29, 1.82) is 0 Å². The summed E-state index contributed by atoms with van der Waals surface area (Å²) in [6, 6.07) is 16.5. The van der Waals surface area contributed by atoms with Gasteiger partial charge in [-0.2, -0.15) is 5.10 Å². The van der Waals surface area contributed by atoms with Gasteiger partial charge in [0.1, 0.15) is 0 Å². The Morgan fingerprint density at radius 3 is 2.23 bits per heavy atom. The number of carbonyl (C=O) groups is 1. The molecule has 2 aromatic heterocycles. The van der Waals surface area contributed by atoms with E-state index in [2.05, 4.69) is 25.1 Å². The van der Waals surface area contributed by atoms with E-state index in [1.165, 1.54) is 12.1 Å². The van der Waals surface area contributed by atoms with Crippen LogP contribution in [0.5, 0.6) is 0 Å². The van der Waals surface area contributed by atoms with Gasteiger partial charge in [-0.05, 0) is 64.1 Å². The summed E-state index contributed by atoms with van der Waals surface area (Å²) < 4.78 is 29.4. The molecular weight excluding hydrogens is 464 g/mol. The topological polar surface area (TPSA) is 119 Å². The second-order valence-electron chi connectivity index (χ2n) is 8.24. The molecule has 180 valence electrons. The zero-order valence-electron chi connectivity index (χ0n) is 19.9. The van der Waals surface area contributed by atoms with Crippen molar-refractivity contribution in [2.75, 3.05) is 10.0 Å². The third-order valence-corrected chi connectivity index (χ3v) is 6.79. The van der Waals surface area contributed by atoms with Crippen LogP contribution in [0.1, 0.15) is 28.3 Å². The lowest BCUT2D eigenvalue weighted by molar-refractivity contribution is -0.115. The highest BCUT2D eigenvalue weighted by Gasteiger charge is 2.18. The van der Waals surface area contributed by atoms with Gasteiger partial charge >= 0.3 is 0 Å². The van der Waals surface area contributed by atoms with Crippen molar-refractivity contribution in [3.63, 3.8) is 0 Å². The Morgan fingerprint density at radius 1 is 0.886 bits per heavy atom. The van der Waals surface area contributed by atoms with Crippen LogP contribution in [0.3, 0.4) is 0 Å². The molecule has 4 rings (SSSR count). The number of anilines is 2. The van der Waals surface area contributed by atoms with Crippen molar-refractivity contribution in [3.8, 4) is 5.95 Å². The van der Waals surface area contributed by atoms with E-state index in [0.717, 1.165) is 22.6 Å². The van der Waals surface area contributed by atoms with Crippen molar-refractivity contribution < 1.29 is 13.2 Å². The maximum atomic E-state index is 12.8. The van der Waals surface area contributed by atoms with Crippen LogP contribution in [0.15, 0.2) is 65.6 Å². The molecule has 0 aliphatic rings. The number of nitrogens with one attached hydrogen (secondary N) is 2. The molecule has 9 nitrogen and oxygen atoms in total. The Balaban J connectivity index is 1.49. The van der Waals surface area contributed by atoms with Gasteiger partial charge in [0.25, 0.3) is 16.0 Å². The molecule has 0 fully saturated rings. The van der Waals surface area contributed by atoms with Crippen LogP contribution in [-0.4, -0.2) is 34.1 Å².